The van der Waals surface area contributed by atoms with Crippen molar-refractivity contribution in [2.45, 2.75) is 17.7 Å². The highest BCUT2D eigenvalue weighted by atomic mass is 35.5. The summed E-state index contributed by atoms with van der Waals surface area (Å²) < 4.78 is 32.3. The Kier molecular flexibility index (Phi) is 6.54. The van der Waals surface area contributed by atoms with Gasteiger partial charge in [-0.15, -0.1) is 11.6 Å². The summed E-state index contributed by atoms with van der Waals surface area (Å²) in [5.74, 6) is -2.86. The van der Waals surface area contributed by atoms with Gasteiger partial charge in [0.05, 0.1) is 18.5 Å². The monoisotopic (exact) mass is 277 g/mol. The zero-order chi connectivity index (χ0) is 13.4. The van der Waals surface area contributed by atoms with Crippen molar-refractivity contribution in [1.82, 2.24) is 5.32 Å². The molecule has 1 unspecified atom stereocenters. The smallest absolute Gasteiger partial charge is 0.285 e. The number of benzene rings is 1. The van der Waals surface area contributed by atoms with Gasteiger partial charge in [0.15, 0.2) is 0 Å². The third-order valence-electron chi connectivity index (χ3n) is 2.53. The van der Waals surface area contributed by atoms with Crippen LogP contribution in [0.2, 0.25) is 0 Å². The highest BCUT2D eigenvalue weighted by Crippen LogP contribution is 2.26. The second kappa shape index (κ2) is 7.67. The molecule has 18 heavy (non-hydrogen) atoms. The van der Waals surface area contributed by atoms with Crippen molar-refractivity contribution < 1.29 is 13.5 Å². The Hall–Kier alpha value is -0.710. The number of rotatable bonds is 8. The summed E-state index contributed by atoms with van der Waals surface area (Å²) in [5.41, 5.74) is 0.0248. The van der Waals surface area contributed by atoms with Crippen LogP contribution in [0.3, 0.4) is 0 Å². The summed E-state index contributed by atoms with van der Waals surface area (Å²) in [6.45, 7) is 0.492. The van der Waals surface area contributed by atoms with Gasteiger partial charge in [0.25, 0.3) is 5.92 Å². The van der Waals surface area contributed by atoms with E-state index in [1.807, 2.05) is 0 Å². The molecular formula is C13H18ClF2NO. The second-order valence-electron chi connectivity index (χ2n) is 4.09. The Morgan fingerprint density at radius 1 is 1.33 bits per heavy atom. The summed E-state index contributed by atoms with van der Waals surface area (Å²) in [7, 11) is 1.56. The quantitative estimate of drug-likeness (QED) is 0.583. The minimum Gasteiger partial charge on any atom is -0.383 e. The predicted molar refractivity (Wildman–Crippen MR) is 69.3 cm³/mol. The minimum absolute atomic E-state index is 0.0248. The van der Waals surface area contributed by atoms with E-state index in [1.54, 1.807) is 25.3 Å². The number of methoxy groups -OCH3 is 1. The molecule has 0 heterocycles. The zero-order valence-corrected chi connectivity index (χ0v) is 11.1. The zero-order valence-electron chi connectivity index (χ0n) is 10.3. The van der Waals surface area contributed by atoms with Crippen LogP contribution >= 0.6 is 11.6 Å². The van der Waals surface area contributed by atoms with Gasteiger partial charge in [-0.25, -0.2) is 0 Å². The van der Waals surface area contributed by atoms with E-state index >= 15 is 0 Å². The first-order valence-corrected chi connectivity index (χ1v) is 6.27. The van der Waals surface area contributed by atoms with Crippen molar-refractivity contribution in [3.05, 3.63) is 35.9 Å². The fourth-order valence-corrected chi connectivity index (χ4v) is 1.79. The Labute approximate surface area is 111 Å². The molecule has 2 nitrogen and oxygen atoms in total. The number of hydrogen-bond acceptors (Lipinski definition) is 2. The Bertz CT molecular complexity index is 335. The molecule has 1 aromatic rings. The van der Waals surface area contributed by atoms with Crippen LogP contribution in [-0.2, 0) is 10.7 Å². The summed E-state index contributed by atoms with van der Waals surface area (Å²) in [4.78, 5) is 0. The van der Waals surface area contributed by atoms with Crippen LogP contribution in [0.25, 0.3) is 0 Å². The summed E-state index contributed by atoms with van der Waals surface area (Å²) >= 11 is 5.90. The van der Waals surface area contributed by atoms with Gasteiger partial charge < -0.3 is 10.1 Å². The van der Waals surface area contributed by atoms with Gasteiger partial charge in [-0.3, -0.25) is 0 Å². The van der Waals surface area contributed by atoms with Crippen LogP contribution in [0, 0.1) is 0 Å². The van der Waals surface area contributed by atoms with Crippen molar-refractivity contribution >= 4 is 11.6 Å². The highest BCUT2D eigenvalue weighted by Gasteiger charge is 2.30. The molecule has 0 radical (unpaired) electrons. The van der Waals surface area contributed by atoms with Gasteiger partial charge >= 0.3 is 0 Å². The second-order valence-corrected chi connectivity index (χ2v) is 4.71. The lowest BCUT2D eigenvalue weighted by atomic mass is 10.1. The fourth-order valence-electron chi connectivity index (χ4n) is 1.55. The molecule has 0 aliphatic heterocycles. The predicted octanol–water partition coefficient (Wildman–Crippen LogP) is 3.01. The van der Waals surface area contributed by atoms with Gasteiger partial charge in [0.2, 0.25) is 0 Å². The standard InChI is InChI=1S/C13H18ClF2NO/c1-18-9-12(14)7-8-17-10-13(15,16)11-5-3-2-4-6-11/h2-6,12,17H,7-10H2,1H3. The normalized spacial score (nSPS) is 13.6. The molecule has 0 spiro atoms. The highest BCUT2D eigenvalue weighted by molar-refractivity contribution is 6.20. The third kappa shape index (κ3) is 5.29. The molecule has 1 atom stereocenters. The van der Waals surface area contributed by atoms with Crippen molar-refractivity contribution in [3.8, 4) is 0 Å². The first kappa shape index (κ1) is 15.3. The molecule has 5 heteroatoms. The van der Waals surface area contributed by atoms with Crippen molar-refractivity contribution in [1.29, 1.82) is 0 Å². The van der Waals surface area contributed by atoms with E-state index in [0.717, 1.165) is 0 Å². The van der Waals surface area contributed by atoms with Crippen LogP contribution in [-0.4, -0.2) is 32.2 Å². The van der Waals surface area contributed by atoms with Crippen LogP contribution in [0.5, 0.6) is 0 Å². The van der Waals surface area contributed by atoms with Gasteiger partial charge in [0, 0.05) is 12.7 Å². The van der Waals surface area contributed by atoms with E-state index in [9.17, 15) is 8.78 Å². The molecular weight excluding hydrogens is 260 g/mol. The van der Waals surface area contributed by atoms with Crippen LogP contribution < -0.4 is 5.32 Å². The third-order valence-corrected chi connectivity index (χ3v) is 2.87. The maximum absolute atomic E-state index is 13.7. The van der Waals surface area contributed by atoms with Crippen LogP contribution in [0.15, 0.2) is 30.3 Å². The van der Waals surface area contributed by atoms with E-state index in [-0.39, 0.29) is 17.5 Å². The molecule has 0 aliphatic carbocycles. The number of ether oxygens (including phenoxy) is 1. The van der Waals surface area contributed by atoms with E-state index in [1.165, 1.54) is 12.1 Å². The van der Waals surface area contributed by atoms with Crippen molar-refractivity contribution in [2.75, 3.05) is 26.8 Å². The Morgan fingerprint density at radius 3 is 2.61 bits per heavy atom. The van der Waals surface area contributed by atoms with E-state index in [0.29, 0.717) is 19.6 Å². The summed E-state index contributed by atoms with van der Waals surface area (Å²) in [6.07, 6.45) is 0.597. The molecule has 0 saturated heterocycles. The first-order valence-electron chi connectivity index (χ1n) is 5.83. The lowest BCUT2D eigenvalue weighted by molar-refractivity contribution is -0.00306. The molecule has 0 bridgehead atoms. The molecule has 0 saturated carbocycles. The fraction of sp³-hybridized carbons (Fsp3) is 0.538. The SMILES string of the molecule is COCC(Cl)CCNCC(F)(F)c1ccccc1. The lowest BCUT2D eigenvalue weighted by Gasteiger charge is -2.18. The van der Waals surface area contributed by atoms with Gasteiger partial charge in [-0.05, 0) is 13.0 Å². The average Bonchev–Trinajstić information content (AvgIpc) is 2.36. The molecule has 0 aliphatic rings. The van der Waals surface area contributed by atoms with Crippen LogP contribution in [0.1, 0.15) is 12.0 Å². The molecule has 102 valence electrons. The van der Waals surface area contributed by atoms with E-state index < -0.39 is 5.92 Å². The maximum Gasteiger partial charge on any atom is 0.285 e. The first-order chi connectivity index (χ1) is 8.56. The molecule has 1 N–H and O–H groups in total. The van der Waals surface area contributed by atoms with Gasteiger partial charge in [0.1, 0.15) is 0 Å². The lowest BCUT2D eigenvalue weighted by Crippen LogP contribution is -2.32. The Balaban J connectivity index is 2.30. The maximum atomic E-state index is 13.7. The summed E-state index contributed by atoms with van der Waals surface area (Å²) in [5, 5.41) is 2.58. The van der Waals surface area contributed by atoms with Crippen molar-refractivity contribution in [3.63, 3.8) is 0 Å². The van der Waals surface area contributed by atoms with Crippen LogP contribution in [0.4, 0.5) is 8.78 Å². The molecule has 0 fully saturated rings. The topological polar surface area (TPSA) is 21.3 Å². The average molecular weight is 278 g/mol. The number of hydrogen-bond donors (Lipinski definition) is 1. The van der Waals surface area contributed by atoms with Gasteiger partial charge in [-0.2, -0.15) is 8.78 Å². The van der Waals surface area contributed by atoms with E-state index in [2.05, 4.69) is 5.32 Å². The minimum atomic E-state index is -2.86. The number of nitrogens with one attached hydrogen (secondary N) is 1. The van der Waals surface area contributed by atoms with E-state index in [4.69, 9.17) is 16.3 Å². The van der Waals surface area contributed by atoms with Gasteiger partial charge in [-0.1, -0.05) is 30.3 Å². The largest absolute Gasteiger partial charge is 0.383 e. The molecule has 0 aromatic heterocycles. The number of halogens is 3. The summed E-state index contributed by atoms with van der Waals surface area (Å²) in [6, 6.07) is 7.79. The molecule has 1 aromatic carbocycles. The molecule has 0 amide bonds. The Morgan fingerprint density at radius 2 is 2.00 bits per heavy atom. The van der Waals surface area contributed by atoms with Crippen molar-refractivity contribution in [2.24, 2.45) is 0 Å². The number of alkyl halides is 3. The molecule has 1 rings (SSSR count).